The Kier molecular flexibility index (Phi) is 31.8. The molecule has 2 heterocycles. The van der Waals surface area contributed by atoms with Crippen LogP contribution >= 0.6 is 11.8 Å². The van der Waals surface area contributed by atoms with Gasteiger partial charge in [-0.1, -0.05) is 79.8 Å². The van der Waals surface area contributed by atoms with Crippen LogP contribution in [-0.4, -0.2) is 175 Å². The Morgan fingerprint density at radius 2 is 1.40 bits per heavy atom. The molecule has 20 nitrogen and oxygen atoms in total. The quantitative estimate of drug-likeness (QED) is 0.0189. The summed E-state index contributed by atoms with van der Waals surface area (Å²) >= 11 is 0.999. The van der Waals surface area contributed by atoms with Crippen molar-refractivity contribution >= 4 is 41.5 Å². The summed E-state index contributed by atoms with van der Waals surface area (Å²) in [4.78, 5) is 63.6. The first-order valence-corrected chi connectivity index (χ1v) is 25.8. The standard InChI is InChI=1S/C51H81N3O17S/c1-6-7-8-9-10-11-12-13-14-15-16-17-18-19-20-21-22-23-25-28-40(56)53-36(46(62)63)34-72-39-31-41(57)54(45(39)61)30-27-24-26-29-52-50(66)71-48(65)47(64)69-37(35(2)55)32-67-49-44(60)43(59)42(58)38(70-49)33-68-51(3,4)5/h7-8,10-11,13-14,16-17,19-20,22-23,35-39,42-44,47-49,55,58-60,64-65H,6,9,12,15,18,21,24-34H2,1-5H3,(H,52,66)(H,53,56)(H,62,63)/b8-7-,11-10-,14-13-,17-16-,20-19-,23-22-/t35-,36+,37?,38?,39?,42?,43?,44?,47?,48-,49?/m0/s1. The zero-order valence-electron chi connectivity index (χ0n) is 42.4. The molecule has 0 saturated carbocycles. The molecule has 9 N–H and O–H groups in total. The number of aliphatic hydroxyl groups is 6. The SMILES string of the molecule is CC/C=C\C/C=C\C/C=C\C/C=C\C/C=C\C/C=C\CCC(=O)N[C@H](CSC1CC(=O)N(CCCCCNC(=O)O[C@H](O)C(O)OC(COC2OC(COC(C)(C)C)C(O)C(O)C2O)[C@H](C)O)C1=O)C(=O)O. The van der Waals surface area contributed by atoms with Gasteiger partial charge in [-0.05, 0) is 91.9 Å². The zero-order valence-corrected chi connectivity index (χ0v) is 43.2. The fraction of sp³-hybridized carbons (Fsp3) is 0.667. The van der Waals surface area contributed by atoms with Crippen molar-refractivity contribution in [3.63, 3.8) is 0 Å². The molecule has 4 amide bonds. The fourth-order valence-electron chi connectivity index (χ4n) is 6.75. The number of hydrogen-bond acceptors (Lipinski definition) is 17. The number of aliphatic hydroxyl groups excluding tert-OH is 6. The molecule has 0 radical (unpaired) electrons. The molecule has 0 spiro atoms. The number of unbranched alkanes of at least 4 members (excludes halogenated alkanes) is 2. The van der Waals surface area contributed by atoms with Crippen molar-refractivity contribution in [2.24, 2.45) is 0 Å². The van der Waals surface area contributed by atoms with Crippen LogP contribution < -0.4 is 10.6 Å². The van der Waals surface area contributed by atoms with Gasteiger partial charge in [-0.25, -0.2) is 9.59 Å². The van der Waals surface area contributed by atoms with E-state index in [1.165, 1.54) is 6.92 Å². The molecule has 72 heavy (non-hydrogen) atoms. The fourth-order valence-corrected chi connectivity index (χ4v) is 7.93. The molecular weight excluding hydrogens is 959 g/mol. The summed E-state index contributed by atoms with van der Waals surface area (Å²) in [5, 5.41) is 75.7. The number of amides is 4. The summed E-state index contributed by atoms with van der Waals surface area (Å²) in [5.41, 5.74) is -0.602. The number of imide groups is 1. The van der Waals surface area contributed by atoms with E-state index in [0.29, 0.717) is 32.1 Å². The van der Waals surface area contributed by atoms with Crippen molar-refractivity contribution < 1.29 is 83.4 Å². The number of carboxylic acids is 1. The Morgan fingerprint density at radius 3 is 1.96 bits per heavy atom. The van der Waals surface area contributed by atoms with Gasteiger partial charge in [-0.15, -0.1) is 11.8 Å². The van der Waals surface area contributed by atoms with Gasteiger partial charge in [0, 0.05) is 31.7 Å². The van der Waals surface area contributed by atoms with Crippen LogP contribution in [0.2, 0.25) is 0 Å². The summed E-state index contributed by atoms with van der Waals surface area (Å²) in [6, 6.07) is -1.25. The van der Waals surface area contributed by atoms with Crippen molar-refractivity contribution in [3.8, 4) is 0 Å². The summed E-state index contributed by atoms with van der Waals surface area (Å²) < 4.78 is 26.7. The molecule has 0 aromatic carbocycles. The number of thioether (sulfide) groups is 1. The molecule has 0 aromatic rings. The second-order valence-electron chi connectivity index (χ2n) is 18.2. The van der Waals surface area contributed by atoms with Gasteiger partial charge >= 0.3 is 12.1 Å². The average Bonchev–Trinajstić information content (AvgIpc) is 3.59. The molecule has 0 aromatic heterocycles. The molecule has 0 bridgehead atoms. The first-order valence-electron chi connectivity index (χ1n) is 24.7. The Hall–Kier alpha value is -4.26. The number of allylic oxidation sites excluding steroid dienone is 12. The lowest BCUT2D eigenvalue weighted by Gasteiger charge is -2.41. The van der Waals surface area contributed by atoms with Crippen LogP contribution in [0.3, 0.4) is 0 Å². The van der Waals surface area contributed by atoms with Gasteiger partial charge in [0.25, 0.3) is 6.29 Å². The van der Waals surface area contributed by atoms with E-state index in [0.717, 1.165) is 48.8 Å². The van der Waals surface area contributed by atoms with Gasteiger partial charge in [-0.2, -0.15) is 0 Å². The first kappa shape index (κ1) is 63.9. The van der Waals surface area contributed by atoms with E-state index in [1.807, 2.05) is 18.2 Å². The molecule has 408 valence electrons. The van der Waals surface area contributed by atoms with E-state index in [9.17, 15) is 59.7 Å². The molecule has 0 aliphatic carbocycles. The summed E-state index contributed by atoms with van der Waals surface area (Å²) in [6.07, 6.45) is 16.5. The minimum Gasteiger partial charge on any atom is -0.480 e. The highest BCUT2D eigenvalue weighted by Gasteiger charge is 2.45. The average molecular weight is 1040 g/mol. The number of nitrogens with one attached hydrogen (secondary N) is 2. The number of aliphatic carboxylic acids is 1. The number of alkyl carbamates (subject to hydrolysis) is 1. The number of carbonyl (C=O) groups is 5. The van der Waals surface area contributed by atoms with E-state index in [1.54, 1.807) is 20.8 Å². The Bertz CT molecular complexity index is 1800. The van der Waals surface area contributed by atoms with Gasteiger partial charge in [0.15, 0.2) is 6.29 Å². The molecule has 2 saturated heterocycles. The van der Waals surface area contributed by atoms with Gasteiger partial charge in [0.2, 0.25) is 24.0 Å². The van der Waals surface area contributed by atoms with Crippen LogP contribution in [-0.2, 0) is 42.9 Å². The van der Waals surface area contributed by atoms with E-state index < -0.39 is 109 Å². The molecule has 21 heteroatoms. The topological polar surface area (TPSA) is 300 Å². The van der Waals surface area contributed by atoms with E-state index in [4.69, 9.17) is 23.7 Å². The highest BCUT2D eigenvalue weighted by Crippen LogP contribution is 2.27. The van der Waals surface area contributed by atoms with Crippen molar-refractivity contribution in [1.82, 2.24) is 15.5 Å². The normalized spacial score (nSPS) is 23.3. The van der Waals surface area contributed by atoms with Gasteiger partial charge in [0.1, 0.15) is 36.6 Å². The van der Waals surface area contributed by atoms with E-state index >= 15 is 0 Å². The number of likely N-dealkylation sites (tertiary alicyclic amines) is 1. The van der Waals surface area contributed by atoms with Crippen LogP contribution in [0.5, 0.6) is 0 Å². The number of nitrogens with zero attached hydrogens (tertiary/aromatic N) is 1. The van der Waals surface area contributed by atoms with Crippen molar-refractivity contribution in [2.75, 3.05) is 32.1 Å². The van der Waals surface area contributed by atoms with Crippen molar-refractivity contribution in [3.05, 3.63) is 72.9 Å². The number of carbonyl (C=O) groups excluding carboxylic acids is 4. The lowest BCUT2D eigenvalue weighted by atomic mass is 9.99. The summed E-state index contributed by atoms with van der Waals surface area (Å²) in [7, 11) is 0. The predicted octanol–water partition coefficient (Wildman–Crippen LogP) is 3.83. The van der Waals surface area contributed by atoms with Gasteiger partial charge < -0.3 is 70.1 Å². The van der Waals surface area contributed by atoms with Crippen molar-refractivity contribution in [2.45, 2.75) is 184 Å². The molecule has 11 atom stereocenters. The van der Waals surface area contributed by atoms with Crippen LogP contribution in [0.4, 0.5) is 4.79 Å². The molecule has 2 fully saturated rings. The second kappa shape index (κ2) is 35.8. The Balaban J connectivity index is 1.63. The lowest BCUT2D eigenvalue weighted by molar-refractivity contribution is -0.319. The molecule has 2 rings (SSSR count). The summed E-state index contributed by atoms with van der Waals surface area (Å²) in [6.45, 7) is 8.19. The Morgan fingerprint density at radius 1 is 0.819 bits per heavy atom. The van der Waals surface area contributed by atoms with E-state index in [-0.39, 0.29) is 38.3 Å². The van der Waals surface area contributed by atoms with Crippen LogP contribution in [0.15, 0.2) is 72.9 Å². The van der Waals surface area contributed by atoms with Gasteiger partial charge in [0.05, 0.1) is 30.2 Å². The van der Waals surface area contributed by atoms with E-state index in [2.05, 4.69) is 72.2 Å². The van der Waals surface area contributed by atoms with Gasteiger partial charge in [-0.3, -0.25) is 19.3 Å². The third kappa shape index (κ3) is 26.6. The maximum Gasteiger partial charge on any atom is 0.409 e. The number of carboxylic acid groups (broad SMARTS) is 1. The highest BCUT2D eigenvalue weighted by atomic mass is 32.2. The number of rotatable bonds is 35. The minimum atomic E-state index is -2.21. The molecule has 8 unspecified atom stereocenters. The zero-order chi connectivity index (χ0) is 53.5. The van der Waals surface area contributed by atoms with Crippen molar-refractivity contribution in [1.29, 1.82) is 0 Å². The first-order chi connectivity index (χ1) is 34.2. The maximum atomic E-state index is 13.0. The highest BCUT2D eigenvalue weighted by molar-refractivity contribution is 8.00. The summed E-state index contributed by atoms with van der Waals surface area (Å²) in [5.74, 6) is -2.66. The monoisotopic (exact) mass is 1040 g/mol. The molecule has 2 aliphatic rings. The predicted molar refractivity (Wildman–Crippen MR) is 270 cm³/mol. The lowest BCUT2D eigenvalue weighted by Crippen LogP contribution is -2.60. The largest absolute Gasteiger partial charge is 0.480 e. The Labute approximate surface area is 428 Å². The van der Waals surface area contributed by atoms with Crippen LogP contribution in [0, 0.1) is 0 Å². The maximum absolute atomic E-state index is 13.0. The number of ether oxygens (including phenoxy) is 5. The minimum absolute atomic E-state index is 0.0583. The number of hydrogen-bond donors (Lipinski definition) is 9. The smallest absolute Gasteiger partial charge is 0.409 e. The molecule has 2 aliphatic heterocycles. The van der Waals surface area contributed by atoms with Crippen LogP contribution in [0.25, 0.3) is 0 Å². The third-order valence-electron chi connectivity index (χ3n) is 10.9. The van der Waals surface area contributed by atoms with Crippen LogP contribution in [0.1, 0.15) is 112 Å². The third-order valence-corrected chi connectivity index (χ3v) is 12.2. The molecular formula is C51H81N3O17S. The second-order valence-corrected chi connectivity index (χ2v) is 19.4.